The van der Waals surface area contributed by atoms with Crippen molar-refractivity contribution < 1.29 is 0 Å². The molecule has 0 saturated heterocycles. The van der Waals surface area contributed by atoms with Crippen LogP contribution < -0.4 is 10.6 Å². The van der Waals surface area contributed by atoms with E-state index in [9.17, 15) is 0 Å². The highest BCUT2D eigenvalue weighted by Gasteiger charge is 2.12. The Balaban J connectivity index is 2.66. The zero-order valence-electron chi connectivity index (χ0n) is 11.0. The van der Waals surface area contributed by atoms with Crippen molar-refractivity contribution in [1.82, 2.24) is 4.98 Å². The predicted molar refractivity (Wildman–Crippen MR) is 70.7 cm³/mol. The summed E-state index contributed by atoms with van der Waals surface area (Å²) in [5.74, 6) is 0.996. The molecule has 1 heterocycles. The summed E-state index contributed by atoms with van der Waals surface area (Å²) in [7, 11) is 2.07. The van der Waals surface area contributed by atoms with Gasteiger partial charge in [0.15, 0.2) is 0 Å². The summed E-state index contributed by atoms with van der Waals surface area (Å²) in [5, 5.41) is 0. The van der Waals surface area contributed by atoms with Crippen molar-refractivity contribution in [1.29, 1.82) is 0 Å². The van der Waals surface area contributed by atoms with Crippen molar-refractivity contribution in [2.24, 2.45) is 5.41 Å². The van der Waals surface area contributed by atoms with E-state index < -0.39 is 0 Å². The number of nitrogens with two attached hydrogens (primary N) is 1. The van der Waals surface area contributed by atoms with E-state index in [2.05, 4.69) is 37.7 Å². The molecule has 90 valence electrons. The van der Waals surface area contributed by atoms with Crippen molar-refractivity contribution in [3.63, 3.8) is 0 Å². The number of hydrogen-bond acceptors (Lipinski definition) is 3. The van der Waals surface area contributed by atoms with Crippen molar-refractivity contribution in [2.45, 2.75) is 34.1 Å². The van der Waals surface area contributed by atoms with E-state index in [0.717, 1.165) is 30.2 Å². The molecule has 0 bridgehead atoms. The van der Waals surface area contributed by atoms with Crippen LogP contribution in [0, 0.1) is 12.3 Å². The molecule has 0 spiro atoms. The first-order valence-corrected chi connectivity index (χ1v) is 5.74. The van der Waals surface area contributed by atoms with E-state index in [1.54, 1.807) is 0 Å². The van der Waals surface area contributed by atoms with Crippen molar-refractivity contribution in [3.05, 3.63) is 17.8 Å². The fourth-order valence-electron chi connectivity index (χ4n) is 1.39. The normalized spacial score (nSPS) is 11.6. The molecule has 1 aromatic rings. The topological polar surface area (TPSA) is 42.2 Å². The van der Waals surface area contributed by atoms with E-state index in [0.29, 0.717) is 5.41 Å². The van der Waals surface area contributed by atoms with Crippen LogP contribution in [0.2, 0.25) is 0 Å². The summed E-state index contributed by atoms with van der Waals surface area (Å²) in [4.78, 5) is 6.65. The van der Waals surface area contributed by atoms with Crippen LogP contribution in [0.15, 0.2) is 12.1 Å². The highest BCUT2D eigenvalue weighted by atomic mass is 15.2. The Kier molecular flexibility index (Phi) is 3.79. The summed E-state index contributed by atoms with van der Waals surface area (Å²) >= 11 is 0. The van der Waals surface area contributed by atoms with Crippen LogP contribution in [0.4, 0.5) is 11.5 Å². The van der Waals surface area contributed by atoms with Crippen LogP contribution >= 0.6 is 0 Å². The van der Waals surface area contributed by atoms with Gasteiger partial charge in [-0.05, 0) is 30.9 Å². The summed E-state index contributed by atoms with van der Waals surface area (Å²) < 4.78 is 0. The standard InChI is InChI=1S/C13H23N3/c1-10-11(14)6-7-12(15-10)16(5)9-8-13(2,3)4/h6-7H,8-9,14H2,1-5H3. The lowest BCUT2D eigenvalue weighted by Gasteiger charge is -2.24. The van der Waals surface area contributed by atoms with Gasteiger partial charge in [0.25, 0.3) is 0 Å². The van der Waals surface area contributed by atoms with E-state index in [-0.39, 0.29) is 0 Å². The van der Waals surface area contributed by atoms with Gasteiger partial charge in [0.1, 0.15) is 5.82 Å². The molecule has 0 saturated carbocycles. The summed E-state index contributed by atoms with van der Waals surface area (Å²) in [5.41, 5.74) is 7.77. The zero-order chi connectivity index (χ0) is 12.3. The molecule has 16 heavy (non-hydrogen) atoms. The third kappa shape index (κ3) is 3.72. The van der Waals surface area contributed by atoms with Gasteiger partial charge in [-0.2, -0.15) is 0 Å². The van der Waals surface area contributed by atoms with Gasteiger partial charge in [-0.1, -0.05) is 20.8 Å². The second-order valence-electron chi connectivity index (χ2n) is 5.58. The molecule has 2 N–H and O–H groups in total. The Morgan fingerprint density at radius 2 is 1.94 bits per heavy atom. The molecule has 0 amide bonds. The Labute approximate surface area is 98.7 Å². The molecule has 0 radical (unpaired) electrons. The van der Waals surface area contributed by atoms with Crippen LogP contribution in [0.1, 0.15) is 32.9 Å². The molecular formula is C13H23N3. The third-order valence-corrected chi connectivity index (χ3v) is 2.70. The van der Waals surface area contributed by atoms with E-state index in [1.165, 1.54) is 0 Å². The zero-order valence-corrected chi connectivity index (χ0v) is 11.0. The molecule has 1 aromatic heterocycles. The minimum Gasteiger partial charge on any atom is -0.397 e. The third-order valence-electron chi connectivity index (χ3n) is 2.70. The highest BCUT2D eigenvalue weighted by Crippen LogP contribution is 2.21. The minimum absolute atomic E-state index is 0.358. The summed E-state index contributed by atoms with van der Waals surface area (Å²) in [6, 6.07) is 3.90. The van der Waals surface area contributed by atoms with Crippen molar-refractivity contribution >= 4 is 11.5 Å². The lowest BCUT2D eigenvalue weighted by molar-refractivity contribution is 0.381. The SMILES string of the molecule is Cc1nc(N(C)CCC(C)(C)C)ccc1N. The highest BCUT2D eigenvalue weighted by molar-refractivity contribution is 5.49. The maximum Gasteiger partial charge on any atom is 0.128 e. The van der Waals surface area contributed by atoms with E-state index in [1.807, 2.05) is 19.1 Å². The molecule has 0 fully saturated rings. The van der Waals surface area contributed by atoms with Crippen LogP contribution in [0.25, 0.3) is 0 Å². The van der Waals surface area contributed by atoms with Gasteiger partial charge >= 0.3 is 0 Å². The molecule has 0 aliphatic carbocycles. The lowest BCUT2D eigenvalue weighted by Crippen LogP contribution is -2.24. The first-order valence-electron chi connectivity index (χ1n) is 5.74. The number of nitrogens with zero attached hydrogens (tertiary/aromatic N) is 2. The predicted octanol–water partition coefficient (Wildman–Crippen LogP) is 2.84. The van der Waals surface area contributed by atoms with Gasteiger partial charge in [-0.15, -0.1) is 0 Å². The number of aromatic nitrogens is 1. The first kappa shape index (κ1) is 12.8. The smallest absolute Gasteiger partial charge is 0.128 e. The maximum absolute atomic E-state index is 5.75. The summed E-state index contributed by atoms with van der Waals surface area (Å²) in [6.45, 7) is 9.71. The molecule has 0 aliphatic rings. The molecule has 3 heteroatoms. The fraction of sp³-hybridized carbons (Fsp3) is 0.615. The molecule has 0 aliphatic heterocycles. The van der Waals surface area contributed by atoms with Crippen molar-refractivity contribution in [3.8, 4) is 0 Å². The van der Waals surface area contributed by atoms with Gasteiger partial charge in [-0.25, -0.2) is 4.98 Å². The first-order chi connectivity index (χ1) is 7.29. The van der Waals surface area contributed by atoms with Crippen LogP contribution in [0.5, 0.6) is 0 Å². The van der Waals surface area contributed by atoms with E-state index >= 15 is 0 Å². The Morgan fingerprint density at radius 3 is 2.44 bits per heavy atom. The van der Waals surface area contributed by atoms with Crippen LogP contribution in [-0.4, -0.2) is 18.6 Å². The molecule has 0 atom stereocenters. The quantitative estimate of drug-likeness (QED) is 0.853. The average molecular weight is 221 g/mol. The second kappa shape index (κ2) is 4.73. The van der Waals surface area contributed by atoms with Crippen LogP contribution in [0.3, 0.4) is 0 Å². The number of hydrogen-bond donors (Lipinski definition) is 1. The Bertz CT molecular complexity index is 353. The molecule has 3 nitrogen and oxygen atoms in total. The van der Waals surface area contributed by atoms with E-state index in [4.69, 9.17) is 5.73 Å². The largest absolute Gasteiger partial charge is 0.397 e. The maximum atomic E-state index is 5.75. The summed E-state index contributed by atoms with van der Waals surface area (Å²) in [6.07, 6.45) is 1.15. The number of aryl methyl sites for hydroxylation is 1. The van der Waals surface area contributed by atoms with Crippen molar-refractivity contribution in [2.75, 3.05) is 24.2 Å². The molecule has 0 unspecified atom stereocenters. The van der Waals surface area contributed by atoms with Crippen LogP contribution in [-0.2, 0) is 0 Å². The Hall–Kier alpha value is -1.25. The number of anilines is 2. The average Bonchev–Trinajstić information content (AvgIpc) is 2.17. The van der Waals surface area contributed by atoms with Gasteiger partial charge in [0.2, 0.25) is 0 Å². The number of nitrogen functional groups attached to an aromatic ring is 1. The number of pyridine rings is 1. The number of rotatable bonds is 3. The van der Waals surface area contributed by atoms with Gasteiger partial charge in [0.05, 0.1) is 11.4 Å². The minimum atomic E-state index is 0.358. The Morgan fingerprint density at radius 1 is 1.31 bits per heavy atom. The molecular weight excluding hydrogens is 198 g/mol. The molecule has 1 rings (SSSR count). The lowest BCUT2D eigenvalue weighted by atomic mass is 9.92. The molecule has 0 aromatic carbocycles. The van der Waals surface area contributed by atoms with Gasteiger partial charge in [-0.3, -0.25) is 0 Å². The van der Waals surface area contributed by atoms with Gasteiger partial charge < -0.3 is 10.6 Å². The fourth-order valence-corrected chi connectivity index (χ4v) is 1.39. The second-order valence-corrected chi connectivity index (χ2v) is 5.58. The van der Waals surface area contributed by atoms with Gasteiger partial charge in [0, 0.05) is 13.6 Å². The monoisotopic (exact) mass is 221 g/mol.